The molecule has 3 aromatic heterocycles. The minimum Gasteiger partial charge on any atom is -0.380 e. The van der Waals surface area contributed by atoms with Crippen LogP contribution in [0.15, 0.2) is 53.0 Å². The van der Waals surface area contributed by atoms with Gasteiger partial charge in [-0.2, -0.15) is 4.98 Å². The summed E-state index contributed by atoms with van der Waals surface area (Å²) in [6.45, 7) is 4.88. The van der Waals surface area contributed by atoms with E-state index in [1.165, 1.54) is 10.4 Å². The monoisotopic (exact) mass is 471 g/mol. The Hall–Kier alpha value is -2.20. The molecular formula is C22H25N5OS3. The first kappa shape index (κ1) is 22.0. The molecule has 0 fully saturated rings. The Morgan fingerprint density at radius 3 is 2.71 bits per heavy atom. The van der Waals surface area contributed by atoms with Gasteiger partial charge in [0.25, 0.3) is 0 Å². The summed E-state index contributed by atoms with van der Waals surface area (Å²) in [4.78, 5) is 15.6. The summed E-state index contributed by atoms with van der Waals surface area (Å²) in [6.07, 6.45) is 0.983. The zero-order chi connectivity index (χ0) is 21.3. The molecule has 31 heavy (non-hydrogen) atoms. The third-order valence-corrected chi connectivity index (χ3v) is 7.28. The lowest BCUT2D eigenvalue weighted by Gasteiger charge is -2.08. The van der Waals surface area contributed by atoms with Gasteiger partial charge in [-0.05, 0) is 30.4 Å². The summed E-state index contributed by atoms with van der Waals surface area (Å²) in [5.74, 6) is 1.64. The van der Waals surface area contributed by atoms with Gasteiger partial charge in [-0.3, -0.25) is 0 Å². The fourth-order valence-electron chi connectivity index (χ4n) is 2.92. The molecule has 0 unspecified atom stereocenters. The first-order valence-corrected chi connectivity index (χ1v) is 12.9. The van der Waals surface area contributed by atoms with E-state index in [4.69, 9.17) is 19.7 Å². The Bertz CT molecular complexity index is 1070. The average Bonchev–Trinajstić information content (AvgIpc) is 3.46. The maximum Gasteiger partial charge on any atom is 0.191 e. The topological polar surface area (TPSA) is 72.0 Å². The average molecular weight is 472 g/mol. The molecule has 6 nitrogen and oxygen atoms in total. The minimum absolute atomic E-state index is 0.638. The van der Waals surface area contributed by atoms with E-state index >= 15 is 0 Å². The number of benzene rings is 1. The molecule has 9 heteroatoms. The van der Waals surface area contributed by atoms with Crippen LogP contribution in [0.1, 0.15) is 17.4 Å². The van der Waals surface area contributed by atoms with Gasteiger partial charge in [-0.15, -0.1) is 11.3 Å². The first-order chi connectivity index (χ1) is 15.3. The molecule has 2 N–H and O–H groups in total. The number of thioether (sulfide) groups is 1. The third kappa shape index (κ3) is 6.39. The van der Waals surface area contributed by atoms with Crippen LogP contribution >= 0.6 is 34.4 Å². The van der Waals surface area contributed by atoms with Gasteiger partial charge in [-0.25, -0.2) is 9.97 Å². The molecule has 0 spiro atoms. The molecule has 0 saturated carbocycles. The standard InChI is InChI=1S/C22H25N5OS3/c1-2-28-13-12-23-19-18-20(26-21(31-18)24-11-10-17-9-6-14-29-17)27-22(25-19)30-15-16-7-4-3-5-8-16/h3-9,14H,2,10-13,15H2,1H3,(H2,23,24,25,26,27). The maximum atomic E-state index is 5.46. The Morgan fingerprint density at radius 2 is 1.90 bits per heavy atom. The lowest BCUT2D eigenvalue weighted by Crippen LogP contribution is -2.11. The molecule has 1 aromatic carbocycles. The summed E-state index contributed by atoms with van der Waals surface area (Å²) in [5.41, 5.74) is 1.98. The van der Waals surface area contributed by atoms with Crippen molar-refractivity contribution < 1.29 is 4.74 Å². The second kappa shape index (κ2) is 11.4. The highest BCUT2D eigenvalue weighted by atomic mass is 32.2. The van der Waals surface area contributed by atoms with Crippen molar-refractivity contribution in [3.05, 3.63) is 58.3 Å². The number of thiophene rings is 1. The summed E-state index contributed by atoms with van der Waals surface area (Å²) in [5, 5.41) is 10.6. The Balaban J connectivity index is 1.48. The number of anilines is 2. The number of ether oxygens (including phenoxy) is 1. The zero-order valence-electron chi connectivity index (χ0n) is 17.3. The highest BCUT2D eigenvalue weighted by molar-refractivity contribution is 7.98. The number of rotatable bonds is 12. The fraction of sp³-hybridized carbons (Fsp3) is 0.318. The lowest BCUT2D eigenvalue weighted by molar-refractivity contribution is 0.158. The van der Waals surface area contributed by atoms with Gasteiger partial charge in [0.1, 0.15) is 4.70 Å². The van der Waals surface area contributed by atoms with Crippen molar-refractivity contribution >= 4 is 55.7 Å². The largest absolute Gasteiger partial charge is 0.380 e. The van der Waals surface area contributed by atoms with Crippen molar-refractivity contribution in [3.8, 4) is 0 Å². The van der Waals surface area contributed by atoms with Crippen molar-refractivity contribution in [1.82, 2.24) is 15.0 Å². The van der Waals surface area contributed by atoms with Gasteiger partial charge in [0.15, 0.2) is 21.8 Å². The normalized spacial score (nSPS) is 11.1. The molecule has 4 aromatic rings. The van der Waals surface area contributed by atoms with Crippen LogP contribution in [0.3, 0.4) is 0 Å². The van der Waals surface area contributed by atoms with E-state index in [0.29, 0.717) is 19.8 Å². The highest BCUT2D eigenvalue weighted by Gasteiger charge is 2.14. The van der Waals surface area contributed by atoms with Crippen molar-refractivity contribution in [2.75, 3.05) is 36.9 Å². The number of aromatic nitrogens is 3. The second-order valence-corrected chi connectivity index (χ2v) is 9.65. The number of fused-ring (bicyclic) bond motifs is 1. The van der Waals surface area contributed by atoms with Crippen LogP contribution in [0, 0.1) is 0 Å². The van der Waals surface area contributed by atoms with Crippen molar-refractivity contribution in [3.63, 3.8) is 0 Å². The Kier molecular flexibility index (Phi) is 8.11. The van der Waals surface area contributed by atoms with Crippen molar-refractivity contribution in [2.24, 2.45) is 0 Å². The van der Waals surface area contributed by atoms with Crippen LogP contribution in [0.25, 0.3) is 10.3 Å². The first-order valence-electron chi connectivity index (χ1n) is 10.2. The molecule has 0 aliphatic carbocycles. The summed E-state index contributed by atoms with van der Waals surface area (Å²) < 4.78 is 6.43. The van der Waals surface area contributed by atoms with E-state index in [0.717, 1.165) is 45.2 Å². The molecule has 0 saturated heterocycles. The maximum absolute atomic E-state index is 5.46. The smallest absolute Gasteiger partial charge is 0.191 e. The molecule has 162 valence electrons. The predicted molar refractivity (Wildman–Crippen MR) is 133 cm³/mol. The molecule has 0 aliphatic heterocycles. The van der Waals surface area contributed by atoms with E-state index in [9.17, 15) is 0 Å². The number of nitrogens with one attached hydrogen (secondary N) is 2. The van der Waals surface area contributed by atoms with Crippen LogP contribution in [0.2, 0.25) is 0 Å². The lowest BCUT2D eigenvalue weighted by atomic mass is 10.2. The molecule has 4 rings (SSSR count). The highest BCUT2D eigenvalue weighted by Crippen LogP contribution is 2.32. The van der Waals surface area contributed by atoms with Gasteiger partial charge in [0, 0.05) is 30.3 Å². The molecular weight excluding hydrogens is 446 g/mol. The van der Waals surface area contributed by atoms with Gasteiger partial charge < -0.3 is 15.4 Å². The minimum atomic E-state index is 0.638. The molecule has 0 atom stereocenters. The number of hydrogen-bond acceptors (Lipinski definition) is 9. The van der Waals surface area contributed by atoms with Crippen LogP contribution in [0.4, 0.5) is 10.9 Å². The number of thiazole rings is 1. The van der Waals surface area contributed by atoms with Crippen LogP contribution in [0.5, 0.6) is 0 Å². The summed E-state index contributed by atoms with van der Waals surface area (Å²) in [7, 11) is 0. The van der Waals surface area contributed by atoms with E-state index in [2.05, 4.69) is 52.4 Å². The van der Waals surface area contributed by atoms with Gasteiger partial charge in [-0.1, -0.05) is 59.5 Å². The van der Waals surface area contributed by atoms with Gasteiger partial charge >= 0.3 is 0 Å². The fourth-order valence-corrected chi connectivity index (χ4v) is 5.32. The Morgan fingerprint density at radius 1 is 1.00 bits per heavy atom. The van der Waals surface area contributed by atoms with E-state index < -0.39 is 0 Å². The van der Waals surface area contributed by atoms with E-state index in [1.54, 1.807) is 34.4 Å². The summed E-state index contributed by atoms with van der Waals surface area (Å²) in [6, 6.07) is 14.6. The summed E-state index contributed by atoms with van der Waals surface area (Å²) >= 11 is 5.00. The second-order valence-electron chi connectivity index (χ2n) is 6.68. The van der Waals surface area contributed by atoms with Gasteiger partial charge in [0.2, 0.25) is 0 Å². The van der Waals surface area contributed by atoms with E-state index in [-0.39, 0.29) is 0 Å². The molecule has 0 amide bonds. The molecule has 0 aliphatic rings. The van der Waals surface area contributed by atoms with Crippen molar-refractivity contribution in [2.45, 2.75) is 24.3 Å². The number of nitrogens with zero attached hydrogens (tertiary/aromatic N) is 3. The zero-order valence-corrected chi connectivity index (χ0v) is 19.8. The number of hydrogen-bond donors (Lipinski definition) is 2. The molecule has 0 bridgehead atoms. The van der Waals surface area contributed by atoms with Crippen LogP contribution in [-0.2, 0) is 16.9 Å². The van der Waals surface area contributed by atoms with E-state index in [1.807, 2.05) is 13.0 Å². The SMILES string of the molecule is CCOCCNc1nc(SCc2ccccc2)nc2nc(NCCc3cccs3)sc12. The van der Waals surface area contributed by atoms with Crippen LogP contribution < -0.4 is 10.6 Å². The Labute approximate surface area is 194 Å². The van der Waals surface area contributed by atoms with Crippen LogP contribution in [-0.4, -0.2) is 41.3 Å². The molecule has 0 radical (unpaired) electrons. The van der Waals surface area contributed by atoms with Gasteiger partial charge in [0.05, 0.1) is 6.61 Å². The molecule has 3 heterocycles. The predicted octanol–water partition coefficient (Wildman–Crippen LogP) is 5.54. The third-order valence-electron chi connectivity index (χ3n) is 4.41. The quantitative estimate of drug-likeness (QED) is 0.160. The van der Waals surface area contributed by atoms with Crippen molar-refractivity contribution in [1.29, 1.82) is 0 Å².